The quantitative estimate of drug-likeness (QED) is 0.401. The number of aromatic nitrogens is 1. The van der Waals surface area contributed by atoms with E-state index in [-0.39, 0.29) is 17.7 Å². The van der Waals surface area contributed by atoms with Crippen molar-refractivity contribution in [2.75, 3.05) is 0 Å². The van der Waals surface area contributed by atoms with E-state index in [0.717, 1.165) is 42.1 Å². The van der Waals surface area contributed by atoms with E-state index in [4.69, 9.17) is 0 Å². The first-order chi connectivity index (χ1) is 16.4. The average Bonchev–Trinajstić information content (AvgIpc) is 3.40. The number of hydrogen-bond acceptors (Lipinski definition) is 4. The number of fused-ring (bicyclic) bond motifs is 2. The molecular formula is C26H32N4O3S. The van der Waals surface area contributed by atoms with Gasteiger partial charge in [-0.15, -0.1) is 11.3 Å². The Bertz CT molecular complexity index is 1150. The molecule has 0 bridgehead atoms. The van der Waals surface area contributed by atoms with E-state index in [1.54, 1.807) is 13.8 Å². The third-order valence-corrected chi connectivity index (χ3v) is 7.51. The van der Waals surface area contributed by atoms with Crippen LogP contribution in [-0.4, -0.2) is 28.7 Å². The Morgan fingerprint density at radius 1 is 1.00 bits per heavy atom. The molecule has 4 rings (SSSR count). The summed E-state index contributed by atoms with van der Waals surface area (Å²) in [5.41, 5.74) is 8.22. The van der Waals surface area contributed by atoms with Crippen molar-refractivity contribution in [3.63, 3.8) is 0 Å². The SMILES string of the molecule is CC(C)C(=O)NC(Cc1c[nH]c2ccccc12)C(=O)NNC(=O)c1cc2c(s1)CCCCCC2. The van der Waals surface area contributed by atoms with Crippen LogP contribution >= 0.6 is 11.3 Å². The third-order valence-electron chi connectivity index (χ3n) is 6.28. The fourth-order valence-electron chi connectivity index (χ4n) is 4.29. The van der Waals surface area contributed by atoms with Crippen LogP contribution in [0.1, 0.15) is 65.2 Å². The zero-order chi connectivity index (χ0) is 24.1. The van der Waals surface area contributed by atoms with Gasteiger partial charge in [0.1, 0.15) is 6.04 Å². The molecule has 180 valence electrons. The minimum atomic E-state index is -0.821. The van der Waals surface area contributed by atoms with Crippen molar-refractivity contribution in [3.05, 3.63) is 57.4 Å². The first-order valence-corrected chi connectivity index (χ1v) is 12.8. The lowest BCUT2D eigenvalue weighted by Gasteiger charge is -2.19. The van der Waals surface area contributed by atoms with E-state index in [9.17, 15) is 14.4 Å². The fourth-order valence-corrected chi connectivity index (χ4v) is 5.44. The maximum Gasteiger partial charge on any atom is 0.279 e. The Morgan fingerprint density at radius 3 is 2.56 bits per heavy atom. The summed E-state index contributed by atoms with van der Waals surface area (Å²) in [6, 6.07) is 8.95. The number of nitrogens with one attached hydrogen (secondary N) is 4. The zero-order valence-corrected chi connectivity index (χ0v) is 20.5. The first kappa shape index (κ1) is 24.0. The van der Waals surface area contributed by atoms with Gasteiger partial charge in [0.15, 0.2) is 0 Å². The van der Waals surface area contributed by atoms with Gasteiger partial charge in [0.2, 0.25) is 5.91 Å². The average molecular weight is 481 g/mol. The summed E-state index contributed by atoms with van der Waals surface area (Å²) in [6.45, 7) is 3.56. The molecule has 2 heterocycles. The van der Waals surface area contributed by atoms with Crippen LogP contribution < -0.4 is 16.2 Å². The molecule has 0 spiro atoms. The Labute approximate surface area is 203 Å². The van der Waals surface area contributed by atoms with Crippen molar-refractivity contribution in [1.29, 1.82) is 0 Å². The van der Waals surface area contributed by atoms with Gasteiger partial charge in [0.25, 0.3) is 11.8 Å². The molecule has 3 amide bonds. The number of aromatic amines is 1. The molecule has 0 aliphatic heterocycles. The maximum absolute atomic E-state index is 13.0. The number of rotatable bonds is 6. The number of H-pyrrole nitrogens is 1. The van der Waals surface area contributed by atoms with Crippen molar-refractivity contribution in [2.45, 2.75) is 64.8 Å². The Morgan fingerprint density at radius 2 is 1.76 bits per heavy atom. The molecule has 4 N–H and O–H groups in total. The monoisotopic (exact) mass is 480 g/mol. The standard InChI is InChI=1S/C26H32N4O3S/c1-16(2)24(31)28-21(13-18-15-27-20-11-8-7-10-19(18)20)25(32)29-30-26(33)23-14-17-9-5-3-4-6-12-22(17)34-23/h7-8,10-11,14-16,21,27H,3-6,9,12-13H2,1-2H3,(H,28,31)(H,29,32)(H,30,33). The third kappa shape index (κ3) is 5.67. The number of benzene rings is 1. The van der Waals surface area contributed by atoms with Crippen molar-refractivity contribution in [2.24, 2.45) is 5.92 Å². The summed E-state index contributed by atoms with van der Waals surface area (Å²) in [5.74, 6) is -1.27. The van der Waals surface area contributed by atoms with Crippen LogP contribution in [0, 0.1) is 5.92 Å². The molecule has 7 nitrogen and oxygen atoms in total. The predicted molar refractivity (Wildman–Crippen MR) is 135 cm³/mol. The molecule has 0 saturated carbocycles. The van der Waals surface area contributed by atoms with Crippen LogP contribution in [0.25, 0.3) is 10.9 Å². The molecule has 0 fully saturated rings. The Kier molecular flexibility index (Phi) is 7.67. The highest BCUT2D eigenvalue weighted by molar-refractivity contribution is 7.14. The number of para-hydroxylation sites is 1. The molecule has 1 atom stereocenters. The number of aryl methyl sites for hydroxylation is 2. The van der Waals surface area contributed by atoms with Crippen LogP contribution in [0.4, 0.5) is 0 Å². The molecular weight excluding hydrogens is 448 g/mol. The second-order valence-corrected chi connectivity index (χ2v) is 10.3. The van der Waals surface area contributed by atoms with E-state index in [1.165, 1.54) is 34.6 Å². The van der Waals surface area contributed by atoms with Gasteiger partial charge in [-0.05, 0) is 48.9 Å². The van der Waals surface area contributed by atoms with E-state index < -0.39 is 11.9 Å². The van der Waals surface area contributed by atoms with Gasteiger partial charge < -0.3 is 10.3 Å². The number of hydrogen-bond donors (Lipinski definition) is 4. The summed E-state index contributed by atoms with van der Waals surface area (Å²) in [7, 11) is 0. The molecule has 8 heteroatoms. The maximum atomic E-state index is 13.0. The van der Waals surface area contributed by atoms with E-state index in [1.807, 2.05) is 36.5 Å². The molecule has 2 aromatic heterocycles. The number of carbonyl (C=O) groups is 3. The Hall–Kier alpha value is -3.13. The van der Waals surface area contributed by atoms with Gasteiger partial charge in [-0.3, -0.25) is 25.2 Å². The summed E-state index contributed by atoms with van der Waals surface area (Å²) in [5, 5.41) is 3.82. The number of amides is 3. The van der Waals surface area contributed by atoms with Crippen LogP contribution in [0.3, 0.4) is 0 Å². The highest BCUT2D eigenvalue weighted by Crippen LogP contribution is 2.28. The molecule has 1 aliphatic carbocycles. The summed E-state index contributed by atoms with van der Waals surface area (Å²) >= 11 is 1.51. The number of carbonyl (C=O) groups excluding carboxylic acids is 3. The fraction of sp³-hybridized carbons (Fsp3) is 0.423. The lowest BCUT2D eigenvalue weighted by atomic mass is 10.00. The van der Waals surface area contributed by atoms with Crippen molar-refractivity contribution in [1.82, 2.24) is 21.2 Å². The summed E-state index contributed by atoms with van der Waals surface area (Å²) in [6.07, 6.45) is 8.92. The highest BCUT2D eigenvalue weighted by atomic mass is 32.1. The molecule has 3 aromatic rings. The topological polar surface area (TPSA) is 103 Å². The molecule has 0 saturated heterocycles. The van der Waals surface area contributed by atoms with E-state index in [2.05, 4.69) is 21.2 Å². The van der Waals surface area contributed by atoms with E-state index in [0.29, 0.717) is 11.3 Å². The summed E-state index contributed by atoms with van der Waals surface area (Å²) in [4.78, 5) is 43.3. The van der Waals surface area contributed by atoms with Gasteiger partial charge in [-0.1, -0.05) is 44.9 Å². The minimum Gasteiger partial charge on any atom is -0.361 e. The molecule has 0 radical (unpaired) electrons. The molecule has 34 heavy (non-hydrogen) atoms. The van der Waals surface area contributed by atoms with Crippen LogP contribution in [0.15, 0.2) is 36.5 Å². The second kappa shape index (κ2) is 10.9. The van der Waals surface area contributed by atoms with Gasteiger partial charge in [0.05, 0.1) is 4.88 Å². The van der Waals surface area contributed by atoms with Crippen LogP contribution in [0.2, 0.25) is 0 Å². The number of hydrazine groups is 1. The lowest BCUT2D eigenvalue weighted by Crippen LogP contribution is -2.53. The second-order valence-electron chi connectivity index (χ2n) is 9.20. The Balaban J connectivity index is 1.44. The predicted octanol–water partition coefficient (Wildman–Crippen LogP) is 4.03. The first-order valence-electron chi connectivity index (χ1n) is 12.0. The van der Waals surface area contributed by atoms with Gasteiger partial charge >= 0.3 is 0 Å². The lowest BCUT2D eigenvalue weighted by molar-refractivity contribution is -0.130. The minimum absolute atomic E-state index is 0.218. The van der Waals surface area contributed by atoms with Crippen LogP contribution in [-0.2, 0) is 28.9 Å². The normalized spacial score (nSPS) is 14.7. The van der Waals surface area contributed by atoms with Gasteiger partial charge in [-0.25, -0.2) is 0 Å². The van der Waals surface area contributed by atoms with Crippen molar-refractivity contribution >= 4 is 40.0 Å². The number of thiophene rings is 1. The van der Waals surface area contributed by atoms with Crippen molar-refractivity contribution < 1.29 is 14.4 Å². The smallest absolute Gasteiger partial charge is 0.279 e. The summed E-state index contributed by atoms with van der Waals surface area (Å²) < 4.78 is 0. The highest BCUT2D eigenvalue weighted by Gasteiger charge is 2.25. The van der Waals surface area contributed by atoms with Gasteiger partial charge in [0, 0.05) is 34.3 Å². The molecule has 1 aliphatic rings. The van der Waals surface area contributed by atoms with Gasteiger partial charge in [-0.2, -0.15) is 0 Å². The molecule has 1 aromatic carbocycles. The zero-order valence-electron chi connectivity index (χ0n) is 19.7. The van der Waals surface area contributed by atoms with E-state index >= 15 is 0 Å². The van der Waals surface area contributed by atoms with Crippen LogP contribution in [0.5, 0.6) is 0 Å². The molecule has 1 unspecified atom stereocenters. The largest absolute Gasteiger partial charge is 0.361 e. The van der Waals surface area contributed by atoms with Crippen molar-refractivity contribution in [3.8, 4) is 0 Å².